The number of benzene rings is 1. The minimum absolute atomic E-state index is 0.0783. The Morgan fingerprint density at radius 3 is 2.83 bits per heavy atom. The lowest BCUT2D eigenvalue weighted by molar-refractivity contribution is -0.136. The maximum absolute atomic E-state index is 11.3. The third-order valence-corrected chi connectivity index (χ3v) is 5.13. The quantitative estimate of drug-likeness (QED) is 0.804. The number of aryl methyl sites for hydroxylation is 1. The minimum atomic E-state index is -0.779. The number of aromatic nitrogens is 4. The molecular weight excluding hydrogens is 304 g/mol. The highest BCUT2D eigenvalue weighted by Gasteiger charge is 2.27. The fourth-order valence-electron chi connectivity index (χ4n) is 3.84. The molecule has 0 spiro atoms. The topological polar surface area (TPSA) is 72.9 Å². The Hall–Kier alpha value is -2.63. The van der Waals surface area contributed by atoms with Crippen LogP contribution in [0.3, 0.4) is 0 Å². The number of rotatable bonds is 3. The molecule has 1 aliphatic rings. The molecule has 6 nitrogen and oxygen atoms in total. The standard InChI is InChI=1S/C18H20N4O2/c1-11-12(2)22(20-19-11)13-7-8-17-15(9-18(23)24)14-5-3-4-6-16(14)21(17)10-13/h3-6,13H,7-10H2,1-2H3,(H,23,24). The fraction of sp³-hybridized carbons (Fsp3) is 0.389. The second-order valence-electron chi connectivity index (χ2n) is 6.52. The molecule has 0 saturated heterocycles. The maximum Gasteiger partial charge on any atom is 0.307 e. The van der Waals surface area contributed by atoms with Gasteiger partial charge in [-0.3, -0.25) is 4.79 Å². The molecule has 0 saturated carbocycles. The van der Waals surface area contributed by atoms with Crippen molar-refractivity contribution in [3.63, 3.8) is 0 Å². The normalized spacial score (nSPS) is 17.2. The van der Waals surface area contributed by atoms with Gasteiger partial charge in [0.2, 0.25) is 0 Å². The summed E-state index contributed by atoms with van der Waals surface area (Å²) in [4.78, 5) is 11.3. The Balaban J connectivity index is 1.81. The van der Waals surface area contributed by atoms with E-state index in [-0.39, 0.29) is 12.5 Å². The molecule has 124 valence electrons. The molecule has 0 aliphatic carbocycles. The molecule has 1 aliphatic heterocycles. The Morgan fingerprint density at radius 1 is 1.33 bits per heavy atom. The number of aliphatic carboxylic acids is 1. The number of para-hydroxylation sites is 1. The monoisotopic (exact) mass is 324 g/mol. The fourth-order valence-corrected chi connectivity index (χ4v) is 3.84. The molecule has 1 N–H and O–H groups in total. The zero-order chi connectivity index (χ0) is 16.8. The first-order chi connectivity index (χ1) is 11.6. The van der Waals surface area contributed by atoms with Crippen molar-refractivity contribution in [2.24, 2.45) is 0 Å². The summed E-state index contributed by atoms with van der Waals surface area (Å²) in [5.41, 5.74) is 5.30. The zero-order valence-electron chi connectivity index (χ0n) is 13.9. The van der Waals surface area contributed by atoms with Gasteiger partial charge in [0.25, 0.3) is 0 Å². The smallest absolute Gasteiger partial charge is 0.307 e. The van der Waals surface area contributed by atoms with Crippen LogP contribution in [0.15, 0.2) is 24.3 Å². The highest BCUT2D eigenvalue weighted by atomic mass is 16.4. The second-order valence-corrected chi connectivity index (χ2v) is 6.52. The first kappa shape index (κ1) is 14.9. The minimum Gasteiger partial charge on any atom is -0.481 e. The number of nitrogens with zero attached hydrogens (tertiary/aromatic N) is 4. The van der Waals surface area contributed by atoms with Crippen molar-refractivity contribution in [3.05, 3.63) is 46.9 Å². The molecule has 1 unspecified atom stereocenters. The molecular formula is C18H20N4O2. The number of fused-ring (bicyclic) bond motifs is 3. The molecule has 0 fully saturated rings. The number of carboxylic acids is 1. The molecule has 3 aromatic rings. The van der Waals surface area contributed by atoms with Crippen LogP contribution in [-0.4, -0.2) is 30.6 Å². The summed E-state index contributed by atoms with van der Waals surface area (Å²) in [5, 5.41) is 18.8. The van der Waals surface area contributed by atoms with Gasteiger partial charge >= 0.3 is 5.97 Å². The Morgan fingerprint density at radius 2 is 2.12 bits per heavy atom. The van der Waals surface area contributed by atoms with Crippen LogP contribution in [0.2, 0.25) is 0 Å². The lowest BCUT2D eigenvalue weighted by Crippen LogP contribution is -2.25. The van der Waals surface area contributed by atoms with Gasteiger partial charge in [-0.1, -0.05) is 23.4 Å². The van der Waals surface area contributed by atoms with E-state index in [9.17, 15) is 9.90 Å². The van der Waals surface area contributed by atoms with Crippen molar-refractivity contribution in [2.75, 3.05) is 0 Å². The number of carboxylic acid groups (broad SMARTS) is 1. The van der Waals surface area contributed by atoms with Gasteiger partial charge < -0.3 is 9.67 Å². The van der Waals surface area contributed by atoms with E-state index >= 15 is 0 Å². The summed E-state index contributed by atoms with van der Waals surface area (Å²) in [6.07, 6.45) is 1.89. The summed E-state index contributed by atoms with van der Waals surface area (Å²) < 4.78 is 4.29. The van der Waals surface area contributed by atoms with Crippen molar-refractivity contribution in [1.82, 2.24) is 19.6 Å². The van der Waals surface area contributed by atoms with E-state index in [1.807, 2.05) is 29.8 Å². The average molecular weight is 324 g/mol. The Bertz CT molecular complexity index is 938. The lowest BCUT2D eigenvalue weighted by Gasteiger charge is -2.26. The van der Waals surface area contributed by atoms with Crippen molar-refractivity contribution < 1.29 is 9.90 Å². The van der Waals surface area contributed by atoms with E-state index in [4.69, 9.17) is 0 Å². The van der Waals surface area contributed by atoms with Crippen LogP contribution in [0.25, 0.3) is 10.9 Å². The molecule has 6 heteroatoms. The Kier molecular flexibility index (Phi) is 3.40. The van der Waals surface area contributed by atoms with E-state index in [1.54, 1.807) is 0 Å². The van der Waals surface area contributed by atoms with Gasteiger partial charge in [0.15, 0.2) is 0 Å². The summed E-state index contributed by atoms with van der Waals surface area (Å²) in [5.74, 6) is -0.779. The van der Waals surface area contributed by atoms with Gasteiger partial charge in [-0.15, -0.1) is 5.10 Å². The molecule has 3 heterocycles. The van der Waals surface area contributed by atoms with Crippen LogP contribution < -0.4 is 0 Å². The number of hydrogen-bond acceptors (Lipinski definition) is 3. The van der Waals surface area contributed by atoms with Crippen LogP contribution in [0.1, 0.15) is 35.1 Å². The third kappa shape index (κ3) is 2.21. The molecule has 4 rings (SSSR count). The molecule has 24 heavy (non-hydrogen) atoms. The van der Waals surface area contributed by atoms with Gasteiger partial charge in [0.1, 0.15) is 0 Å². The summed E-state index contributed by atoms with van der Waals surface area (Å²) in [6, 6.07) is 8.34. The maximum atomic E-state index is 11.3. The largest absolute Gasteiger partial charge is 0.481 e. The first-order valence-corrected chi connectivity index (χ1v) is 8.25. The van der Waals surface area contributed by atoms with Gasteiger partial charge in [-0.25, -0.2) is 4.68 Å². The average Bonchev–Trinajstić information content (AvgIpc) is 3.06. The van der Waals surface area contributed by atoms with E-state index in [1.165, 1.54) is 0 Å². The second kappa shape index (κ2) is 5.47. The van der Waals surface area contributed by atoms with E-state index < -0.39 is 5.97 Å². The van der Waals surface area contributed by atoms with E-state index in [2.05, 4.69) is 27.9 Å². The first-order valence-electron chi connectivity index (χ1n) is 8.25. The van der Waals surface area contributed by atoms with E-state index in [0.717, 1.165) is 52.9 Å². The van der Waals surface area contributed by atoms with Crippen molar-refractivity contribution >= 4 is 16.9 Å². The van der Waals surface area contributed by atoms with Crippen molar-refractivity contribution in [1.29, 1.82) is 0 Å². The van der Waals surface area contributed by atoms with Crippen molar-refractivity contribution in [3.8, 4) is 0 Å². The van der Waals surface area contributed by atoms with Crippen molar-refractivity contribution in [2.45, 2.75) is 45.7 Å². The molecule has 0 radical (unpaired) electrons. The molecule has 1 aromatic carbocycles. The van der Waals surface area contributed by atoms with Crippen LogP contribution in [0.5, 0.6) is 0 Å². The highest BCUT2D eigenvalue weighted by Crippen LogP contribution is 2.34. The number of carbonyl (C=O) groups is 1. The lowest BCUT2D eigenvalue weighted by atomic mass is 10.00. The van der Waals surface area contributed by atoms with Crippen LogP contribution in [0, 0.1) is 13.8 Å². The van der Waals surface area contributed by atoms with Gasteiger partial charge in [-0.05, 0) is 38.3 Å². The third-order valence-electron chi connectivity index (χ3n) is 5.13. The molecule has 0 bridgehead atoms. The zero-order valence-corrected chi connectivity index (χ0v) is 13.9. The van der Waals surface area contributed by atoms with Gasteiger partial charge in [0, 0.05) is 23.1 Å². The molecule has 1 atom stereocenters. The van der Waals surface area contributed by atoms with Gasteiger partial charge in [-0.2, -0.15) is 0 Å². The van der Waals surface area contributed by atoms with Crippen LogP contribution >= 0.6 is 0 Å². The predicted octanol–water partition coefficient (Wildman–Crippen LogP) is 2.66. The summed E-state index contributed by atoms with van der Waals surface area (Å²) in [6.45, 7) is 4.83. The van der Waals surface area contributed by atoms with Crippen LogP contribution in [0.4, 0.5) is 0 Å². The van der Waals surface area contributed by atoms with Crippen LogP contribution in [-0.2, 0) is 24.2 Å². The van der Waals surface area contributed by atoms with Gasteiger partial charge in [0.05, 0.1) is 23.9 Å². The summed E-state index contributed by atoms with van der Waals surface area (Å²) in [7, 11) is 0. The molecule has 2 aromatic heterocycles. The number of hydrogen-bond donors (Lipinski definition) is 1. The molecule has 0 amide bonds. The highest BCUT2D eigenvalue weighted by molar-refractivity contribution is 5.89. The predicted molar refractivity (Wildman–Crippen MR) is 90.1 cm³/mol. The Labute approximate surface area is 139 Å². The summed E-state index contributed by atoms with van der Waals surface area (Å²) >= 11 is 0. The van der Waals surface area contributed by atoms with E-state index in [0.29, 0.717) is 0 Å². The SMILES string of the molecule is Cc1nnn(C2CCc3c(CC(=O)O)c4ccccc4n3C2)c1C.